The number of nitrogens with two attached hydrogens (primary N) is 2. The van der Waals surface area contributed by atoms with Gasteiger partial charge in [-0.05, 0) is 36.8 Å². The minimum atomic E-state index is -0.0610. The van der Waals surface area contributed by atoms with Gasteiger partial charge >= 0.3 is 0 Å². The summed E-state index contributed by atoms with van der Waals surface area (Å²) in [6.45, 7) is 4.77. The van der Waals surface area contributed by atoms with E-state index in [1.165, 1.54) is 6.42 Å². The van der Waals surface area contributed by atoms with Crippen LogP contribution in [0.5, 0.6) is 0 Å². The average Bonchev–Trinajstić information content (AvgIpc) is 3.05. The highest BCUT2D eigenvalue weighted by atomic mass is 16.1. The number of piperidine rings is 1. The Labute approximate surface area is 119 Å². The van der Waals surface area contributed by atoms with Crippen LogP contribution in [-0.2, 0) is 0 Å². The number of nitrogen functional groups attached to an aromatic ring is 2. The van der Waals surface area contributed by atoms with Crippen molar-refractivity contribution in [1.82, 2.24) is 5.32 Å². The standard InChI is InChI=1S/C15H22N4O/c1-2-3-18-15(20)11-5-12(16)13(17)6-14(11)19-7-9-4-10(9)8-19/h5-6,9-10H,2-4,7-8,16-17H2,1H3,(H,18,20). The summed E-state index contributed by atoms with van der Waals surface area (Å²) in [6, 6.07) is 3.56. The van der Waals surface area contributed by atoms with Gasteiger partial charge in [0.1, 0.15) is 0 Å². The molecule has 3 rings (SSSR count). The van der Waals surface area contributed by atoms with Crippen LogP contribution in [0.15, 0.2) is 12.1 Å². The SMILES string of the molecule is CCCNC(=O)c1cc(N)c(N)cc1N1CC2CC2C1. The minimum Gasteiger partial charge on any atom is -0.397 e. The molecule has 5 nitrogen and oxygen atoms in total. The number of hydrogen-bond donors (Lipinski definition) is 3. The van der Waals surface area contributed by atoms with E-state index in [1.54, 1.807) is 6.07 Å². The molecule has 1 aliphatic heterocycles. The Morgan fingerprint density at radius 2 is 1.95 bits per heavy atom. The van der Waals surface area contributed by atoms with E-state index in [1.807, 2.05) is 13.0 Å². The van der Waals surface area contributed by atoms with Crippen molar-refractivity contribution in [3.63, 3.8) is 0 Å². The summed E-state index contributed by atoms with van der Waals surface area (Å²) in [6.07, 6.45) is 2.25. The number of nitrogens with one attached hydrogen (secondary N) is 1. The van der Waals surface area contributed by atoms with Crippen molar-refractivity contribution >= 4 is 23.0 Å². The predicted molar refractivity (Wildman–Crippen MR) is 81.7 cm³/mol. The molecular formula is C15H22N4O. The molecule has 1 saturated heterocycles. The number of benzene rings is 1. The second-order valence-electron chi connectivity index (χ2n) is 5.92. The number of amides is 1. The van der Waals surface area contributed by atoms with E-state index < -0.39 is 0 Å². The molecule has 0 radical (unpaired) electrons. The van der Waals surface area contributed by atoms with E-state index >= 15 is 0 Å². The van der Waals surface area contributed by atoms with E-state index in [9.17, 15) is 4.79 Å². The fourth-order valence-electron chi connectivity index (χ4n) is 2.99. The summed E-state index contributed by atoms with van der Waals surface area (Å²) in [7, 11) is 0. The molecule has 1 aromatic rings. The van der Waals surface area contributed by atoms with E-state index in [0.717, 1.165) is 37.0 Å². The maximum absolute atomic E-state index is 12.3. The maximum Gasteiger partial charge on any atom is 0.253 e. The quantitative estimate of drug-likeness (QED) is 0.725. The predicted octanol–water partition coefficient (Wildman–Crippen LogP) is 1.45. The molecule has 2 fully saturated rings. The Morgan fingerprint density at radius 1 is 1.30 bits per heavy atom. The van der Waals surface area contributed by atoms with Gasteiger partial charge < -0.3 is 21.7 Å². The van der Waals surface area contributed by atoms with Crippen molar-refractivity contribution in [2.24, 2.45) is 11.8 Å². The third-order valence-corrected chi connectivity index (χ3v) is 4.30. The fourth-order valence-corrected chi connectivity index (χ4v) is 2.99. The Hall–Kier alpha value is -1.91. The summed E-state index contributed by atoms with van der Waals surface area (Å²) in [5.74, 6) is 1.55. The molecule has 2 atom stereocenters. The highest BCUT2D eigenvalue weighted by Gasteiger charge is 2.45. The highest BCUT2D eigenvalue weighted by Crippen LogP contribution is 2.47. The van der Waals surface area contributed by atoms with Gasteiger partial charge in [-0.2, -0.15) is 0 Å². The van der Waals surface area contributed by atoms with Crippen LogP contribution in [0.2, 0.25) is 0 Å². The molecule has 5 heteroatoms. The smallest absolute Gasteiger partial charge is 0.253 e. The molecule has 1 aromatic carbocycles. The molecule has 108 valence electrons. The first-order valence-corrected chi connectivity index (χ1v) is 7.32. The normalized spacial score (nSPS) is 23.6. The third kappa shape index (κ3) is 2.28. The molecule has 1 aliphatic carbocycles. The van der Waals surface area contributed by atoms with Gasteiger partial charge in [0.25, 0.3) is 5.91 Å². The van der Waals surface area contributed by atoms with Crippen LogP contribution in [0.3, 0.4) is 0 Å². The van der Waals surface area contributed by atoms with Crippen molar-refractivity contribution in [3.8, 4) is 0 Å². The topological polar surface area (TPSA) is 84.4 Å². The van der Waals surface area contributed by atoms with Gasteiger partial charge in [-0.25, -0.2) is 0 Å². The Morgan fingerprint density at radius 3 is 2.60 bits per heavy atom. The molecule has 1 saturated carbocycles. The van der Waals surface area contributed by atoms with Crippen LogP contribution in [0.4, 0.5) is 17.1 Å². The van der Waals surface area contributed by atoms with Crippen molar-refractivity contribution in [2.45, 2.75) is 19.8 Å². The zero-order chi connectivity index (χ0) is 14.3. The summed E-state index contributed by atoms with van der Waals surface area (Å²) in [5, 5.41) is 2.92. The molecule has 2 aliphatic rings. The lowest BCUT2D eigenvalue weighted by molar-refractivity contribution is 0.0954. The number of carbonyl (C=O) groups excluding carboxylic acids is 1. The van der Waals surface area contributed by atoms with Gasteiger partial charge in [0.2, 0.25) is 0 Å². The minimum absolute atomic E-state index is 0.0610. The Kier molecular flexibility index (Phi) is 3.20. The van der Waals surface area contributed by atoms with E-state index in [2.05, 4.69) is 10.2 Å². The van der Waals surface area contributed by atoms with Crippen LogP contribution in [0.25, 0.3) is 0 Å². The largest absolute Gasteiger partial charge is 0.397 e. The first kappa shape index (κ1) is 13.1. The molecule has 1 amide bonds. The molecule has 0 spiro atoms. The Bertz CT molecular complexity index is 533. The number of anilines is 3. The fraction of sp³-hybridized carbons (Fsp3) is 0.533. The van der Waals surface area contributed by atoms with Crippen LogP contribution < -0.4 is 21.7 Å². The highest BCUT2D eigenvalue weighted by molar-refractivity contribution is 6.02. The molecule has 20 heavy (non-hydrogen) atoms. The first-order valence-electron chi connectivity index (χ1n) is 7.32. The van der Waals surface area contributed by atoms with Gasteiger partial charge in [-0.15, -0.1) is 0 Å². The van der Waals surface area contributed by atoms with Gasteiger partial charge in [0, 0.05) is 19.6 Å². The lowest BCUT2D eigenvalue weighted by Crippen LogP contribution is -2.29. The molecular weight excluding hydrogens is 252 g/mol. The average molecular weight is 274 g/mol. The van der Waals surface area contributed by atoms with Gasteiger partial charge in [-0.1, -0.05) is 6.92 Å². The van der Waals surface area contributed by atoms with Gasteiger partial charge in [-0.3, -0.25) is 4.79 Å². The zero-order valence-electron chi connectivity index (χ0n) is 11.9. The number of fused-ring (bicyclic) bond motifs is 1. The second-order valence-corrected chi connectivity index (χ2v) is 5.92. The summed E-state index contributed by atoms with van der Waals surface area (Å²) < 4.78 is 0. The number of carbonyl (C=O) groups is 1. The first-order chi connectivity index (χ1) is 9.60. The molecule has 1 heterocycles. The third-order valence-electron chi connectivity index (χ3n) is 4.30. The second kappa shape index (κ2) is 4.89. The monoisotopic (exact) mass is 274 g/mol. The molecule has 0 bridgehead atoms. The van der Waals surface area contributed by atoms with Crippen molar-refractivity contribution in [2.75, 3.05) is 36.0 Å². The van der Waals surface area contributed by atoms with Crippen LogP contribution in [-0.4, -0.2) is 25.5 Å². The van der Waals surface area contributed by atoms with E-state index in [4.69, 9.17) is 11.5 Å². The summed E-state index contributed by atoms with van der Waals surface area (Å²) in [5.41, 5.74) is 14.4. The zero-order valence-corrected chi connectivity index (χ0v) is 11.9. The maximum atomic E-state index is 12.3. The van der Waals surface area contributed by atoms with Gasteiger partial charge in [0.15, 0.2) is 0 Å². The van der Waals surface area contributed by atoms with Crippen LogP contribution in [0, 0.1) is 11.8 Å². The Balaban J connectivity index is 1.89. The molecule has 0 aromatic heterocycles. The van der Waals surface area contributed by atoms with E-state index in [0.29, 0.717) is 23.5 Å². The molecule has 2 unspecified atom stereocenters. The van der Waals surface area contributed by atoms with Crippen LogP contribution >= 0.6 is 0 Å². The number of nitrogens with zero attached hydrogens (tertiary/aromatic N) is 1. The van der Waals surface area contributed by atoms with Crippen LogP contribution in [0.1, 0.15) is 30.1 Å². The van der Waals surface area contributed by atoms with Crippen molar-refractivity contribution in [3.05, 3.63) is 17.7 Å². The number of rotatable bonds is 4. The van der Waals surface area contributed by atoms with Crippen molar-refractivity contribution < 1.29 is 4.79 Å². The molecule has 5 N–H and O–H groups in total. The summed E-state index contributed by atoms with van der Waals surface area (Å²) >= 11 is 0. The van der Waals surface area contributed by atoms with E-state index in [-0.39, 0.29) is 5.91 Å². The lowest BCUT2D eigenvalue weighted by Gasteiger charge is -2.24. The van der Waals surface area contributed by atoms with Gasteiger partial charge in [0.05, 0.1) is 22.6 Å². The summed E-state index contributed by atoms with van der Waals surface area (Å²) in [4.78, 5) is 14.6. The lowest BCUT2D eigenvalue weighted by atomic mass is 10.1. The van der Waals surface area contributed by atoms with Crippen molar-refractivity contribution in [1.29, 1.82) is 0 Å². The number of hydrogen-bond acceptors (Lipinski definition) is 4.